The molecule has 2 aliphatic rings. The molecule has 0 saturated carbocycles. The summed E-state index contributed by atoms with van der Waals surface area (Å²) in [6.45, 7) is 3.15. The standard InChI is InChI=1S/C20H27F3N4O4/c21-20(22,23)15-31-13-3-6-24-9-11-26(12-10-24)19(28)17-14-16(27(29)30)4-5-18(17)25-7-1-2-8-25/h4-5,14H,1-3,6-13,15H2. The third kappa shape index (κ3) is 6.54. The van der Waals surface area contributed by atoms with Gasteiger partial charge in [0.15, 0.2) is 0 Å². The zero-order valence-electron chi connectivity index (χ0n) is 17.3. The van der Waals surface area contributed by atoms with E-state index in [1.54, 1.807) is 11.0 Å². The van der Waals surface area contributed by atoms with Gasteiger partial charge < -0.3 is 14.5 Å². The predicted octanol–water partition coefficient (Wildman–Crippen LogP) is 2.92. The highest BCUT2D eigenvalue weighted by Crippen LogP contribution is 2.29. The molecule has 0 aromatic heterocycles. The van der Waals surface area contributed by atoms with Crippen LogP contribution in [-0.4, -0.2) is 85.8 Å². The van der Waals surface area contributed by atoms with E-state index in [1.165, 1.54) is 12.1 Å². The molecule has 0 N–H and O–H groups in total. The maximum atomic E-state index is 13.2. The first-order valence-corrected chi connectivity index (χ1v) is 10.4. The fraction of sp³-hybridized carbons (Fsp3) is 0.650. The number of piperazine rings is 1. The molecule has 0 unspecified atom stereocenters. The number of hydrogen-bond acceptors (Lipinski definition) is 6. The summed E-state index contributed by atoms with van der Waals surface area (Å²) in [5, 5.41) is 11.2. The number of carbonyl (C=O) groups is 1. The van der Waals surface area contributed by atoms with Crippen LogP contribution >= 0.6 is 0 Å². The number of rotatable bonds is 8. The molecule has 8 nitrogen and oxygen atoms in total. The van der Waals surface area contributed by atoms with Crippen molar-refractivity contribution in [2.45, 2.75) is 25.4 Å². The van der Waals surface area contributed by atoms with Gasteiger partial charge in [-0.25, -0.2) is 0 Å². The quantitative estimate of drug-likeness (QED) is 0.349. The van der Waals surface area contributed by atoms with Gasteiger partial charge in [0.25, 0.3) is 11.6 Å². The Hall–Kier alpha value is -2.40. The molecule has 0 radical (unpaired) electrons. The van der Waals surface area contributed by atoms with Crippen molar-refractivity contribution in [2.24, 2.45) is 0 Å². The van der Waals surface area contributed by atoms with Crippen LogP contribution in [0.2, 0.25) is 0 Å². The molecule has 0 aliphatic carbocycles. The fourth-order valence-corrected chi connectivity index (χ4v) is 3.97. The predicted molar refractivity (Wildman–Crippen MR) is 108 cm³/mol. The summed E-state index contributed by atoms with van der Waals surface area (Å²) in [5.74, 6) is -0.223. The summed E-state index contributed by atoms with van der Waals surface area (Å²) in [4.78, 5) is 29.8. The average molecular weight is 444 g/mol. The van der Waals surface area contributed by atoms with E-state index in [0.29, 0.717) is 44.7 Å². The maximum absolute atomic E-state index is 13.2. The Morgan fingerprint density at radius 3 is 2.39 bits per heavy atom. The maximum Gasteiger partial charge on any atom is 0.411 e. The van der Waals surface area contributed by atoms with Gasteiger partial charge >= 0.3 is 6.18 Å². The summed E-state index contributed by atoms with van der Waals surface area (Å²) in [5.41, 5.74) is 0.978. The number of anilines is 1. The Bertz CT molecular complexity index is 776. The van der Waals surface area contributed by atoms with E-state index in [1.807, 2.05) is 0 Å². The number of amides is 1. The number of alkyl halides is 3. The first-order chi connectivity index (χ1) is 14.7. The Balaban J connectivity index is 1.55. The number of hydrogen-bond donors (Lipinski definition) is 0. The Morgan fingerprint density at radius 2 is 1.77 bits per heavy atom. The molecule has 1 aromatic rings. The Morgan fingerprint density at radius 1 is 1.10 bits per heavy atom. The molecule has 0 bridgehead atoms. The van der Waals surface area contributed by atoms with Gasteiger partial charge in [0, 0.05) is 64.6 Å². The molecule has 0 spiro atoms. The van der Waals surface area contributed by atoms with Crippen molar-refractivity contribution in [3.8, 4) is 0 Å². The van der Waals surface area contributed by atoms with E-state index in [0.717, 1.165) is 31.6 Å². The molecular formula is C20H27F3N4O4. The second-order valence-corrected chi connectivity index (χ2v) is 7.81. The average Bonchev–Trinajstić information content (AvgIpc) is 3.27. The van der Waals surface area contributed by atoms with Crippen molar-refractivity contribution in [3.63, 3.8) is 0 Å². The van der Waals surface area contributed by atoms with Crippen LogP contribution in [0, 0.1) is 10.1 Å². The van der Waals surface area contributed by atoms with Crippen molar-refractivity contribution >= 4 is 17.3 Å². The van der Waals surface area contributed by atoms with Crippen molar-refractivity contribution in [1.29, 1.82) is 0 Å². The highest BCUT2D eigenvalue weighted by Gasteiger charge is 2.29. The highest BCUT2D eigenvalue weighted by molar-refractivity contribution is 6.00. The largest absolute Gasteiger partial charge is 0.411 e. The van der Waals surface area contributed by atoms with Crippen molar-refractivity contribution in [3.05, 3.63) is 33.9 Å². The number of non-ortho nitro benzene ring substituents is 1. The van der Waals surface area contributed by atoms with Gasteiger partial charge in [0.2, 0.25) is 0 Å². The molecule has 0 atom stereocenters. The second kappa shape index (κ2) is 10.3. The van der Waals surface area contributed by atoms with E-state index in [2.05, 4.69) is 14.5 Å². The van der Waals surface area contributed by atoms with Gasteiger partial charge in [-0.05, 0) is 25.3 Å². The SMILES string of the molecule is O=C(c1cc([N+](=O)[O-])ccc1N1CCCC1)N1CCN(CCCOCC(F)(F)F)CC1. The van der Waals surface area contributed by atoms with E-state index < -0.39 is 17.7 Å². The summed E-state index contributed by atoms with van der Waals surface area (Å²) < 4.78 is 40.9. The lowest BCUT2D eigenvalue weighted by Crippen LogP contribution is -2.49. The number of carbonyl (C=O) groups excluding carboxylic acids is 1. The van der Waals surface area contributed by atoms with Gasteiger partial charge in [-0.15, -0.1) is 0 Å². The van der Waals surface area contributed by atoms with Gasteiger partial charge in [-0.1, -0.05) is 0 Å². The smallest absolute Gasteiger partial charge is 0.372 e. The topological polar surface area (TPSA) is 79.2 Å². The summed E-state index contributed by atoms with van der Waals surface area (Å²) in [7, 11) is 0. The molecule has 3 rings (SSSR count). The minimum absolute atomic E-state index is 0.0333. The Kier molecular flexibility index (Phi) is 7.71. The number of halogens is 3. The third-order valence-electron chi connectivity index (χ3n) is 5.56. The van der Waals surface area contributed by atoms with Crippen molar-refractivity contribution < 1.29 is 27.6 Å². The number of nitro benzene ring substituents is 1. The molecular weight excluding hydrogens is 417 g/mol. The normalized spacial score (nSPS) is 17.9. The van der Waals surface area contributed by atoms with Gasteiger partial charge in [-0.2, -0.15) is 13.2 Å². The van der Waals surface area contributed by atoms with Crippen LogP contribution in [0.5, 0.6) is 0 Å². The first kappa shape index (κ1) is 23.3. The first-order valence-electron chi connectivity index (χ1n) is 10.4. The fourth-order valence-electron chi connectivity index (χ4n) is 3.97. The molecule has 11 heteroatoms. The van der Waals surface area contributed by atoms with E-state index >= 15 is 0 Å². The van der Waals surface area contributed by atoms with Crippen LogP contribution in [0.3, 0.4) is 0 Å². The van der Waals surface area contributed by atoms with Crippen LogP contribution < -0.4 is 4.90 Å². The third-order valence-corrected chi connectivity index (χ3v) is 5.56. The summed E-state index contributed by atoms with van der Waals surface area (Å²) >= 11 is 0. The van der Waals surface area contributed by atoms with E-state index in [-0.39, 0.29) is 18.2 Å². The lowest BCUT2D eigenvalue weighted by atomic mass is 10.1. The minimum atomic E-state index is -4.31. The lowest BCUT2D eigenvalue weighted by Gasteiger charge is -2.35. The van der Waals surface area contributed by atoms with E-state index in [9.17, 15) is 28.1 Å². The number of benzene rings is 1. The molecule has 1 amide bonds. The number of nitro groups is 1. The molecule has 2 fully saturated rings. The zero-order chi connectivity index (χ0) is 22.4. The van der Waals surface area contributed by atoms with Gasteiger partial charge in [-0.3, -0.25) is 19.8 Å². The zero-order valence-corrected chi connectivity index (χ0v) is 17.3. The second-order valence-electron chi connectivity index (χ2n) is 7.81. The van der Waals surface area contributed by atoms with E-state index in [4.69, 9.17) is 0 Å². The molecule has 2 aliphatic heterocycles. The van der Waals surface area contributed by atoms with Crippen molar-refractivity contribution in [1.82, 2.24) is 9.80 Å². The molecule has 31 heavy (non-hydrogen) atoms. The lowest BCUT2D eigenvalue weighted by molar-refractivity contribution is -0.384. The van der Waals surface area contributed by atoms with Crippen LogP contribution in [0.15, 0.2) is 18.2 Å². The van der Waals surface area contributed by atoms with Crippen LogP contribution in [0.25, 0.3) is 0 Å². The number of ether oxygens (including phenoxy) is 1. The highest BCUT2D eigenvalue weighted by atomic mass is 19.4. The summed E-state index contributed by atoms with van der Waals surface area (Å²) in [6, 6.07) is 4.46. The van der Waals surface area contributed by atoms with Crippen LogP contribution in [0.4, 0.5) is 24.5 Å². The number of nitrogens with zero attached hydrogens (tertiary/aromatic N) is 4. The minimum Gasteiger partial charge on any atom is -0.372 e. The molecule has 2 saturated heterocycles. The molecule has 2 heterocycles. The Labute approximate surface area is 178 Å². The monoisotopic (exact) mass is 444 g/mol. The van der Waals surface area contributed by atoms with Gasteiger partial charge in [0.05, 0.1) is 16.2 Å². The molecule has 172 valence electrons. The van der Waals surface area contributed by atoms with Gasteiger partial charge in [0.1, 0.15) is 6.61 Å². The summed E-state index contributed by atoms with van der Waals surface area (Å²) in [6.07, 6.45) is -1.79. The van der Waals surface area contributed by atoms with Crippen LogP contribution in [0.1, 0.15) is 29.6 Å². The molecule has 1 aromatic carbocycles. The van der Waals surface area contributed by atoms with Crippen molar-refractivity contribution in [2.75, 3.05) is 63.9 Å². The van der Waals surface area contributed by atoms with Crippen LogP contribution in [-0.2, 0) is 4.74 Å².